The van der Waals surface area contributed by atoms with Crippen LogP contribution in [0.1, 0.15) is 43.7 Å². The van der Waals surface area contributed by atoms with E-state index in [9.17, 15) is 8.78 Å². The molecular formula is C16H19BF2N4O. The summed E-state index contributed by atoms with van der Waals surface area (Å²) in [6.07, 6.45) is 5.02. The van der Waals surface area contributed by atoms with Crippen molar-refractivity contribution in [2.75, 3.05) is 18.5 Å². The fourth-order valence-corrected chi connectivity index (χ4v) is 3.74. The SMILES string of the molecule is [B]c1c(F)c2cnc(N[C@@H]3CCOC[C@H]3F)nn2c1C1CCCC1. The van der Waals surface area contributed by atoms with E-state index in [1.807, 2.05) is 0 Å². The van der Waals surface area contributed by atoms with Crippen molar-refractivity contribution in [1.29, 1.82) is 0 Å². The van der Waals surface area contributed by atoms with Gasteiger partial charge >= 0.3 is 0 Å². The minimum absolute atomic E-state index is 0.0678. The van der Waals surface area contributed by atoms with E-state index in [1.54, 1.807) is 4.52 Å². The molecule has 0 aromatic carbocycles. The van der Waals surface area contributed by atoms with Crippen molar-refractivity contribution in [3.63, 3.8) is 0 Å². The zero-order valence-corrected chi connectivity index (χ0v) is 13.3. The summed E-state index contributed by atoms with van der Waals surface area (Å²) >= 11 is 0. The minimum Gasteiger partial charge on any atom is -0.378 e. The topological polar surface area (TPSA) is 51.5 Å². The van der Waals surface area contributed by atoms with Gasteiger partial charge in [0.1, 0.15) is 25.4 Å². The molecule has 0 amide bonds. The lowest BCUT2D eigenvalue weighted by molar-refractivity contribution is 0.0284. The van der Waals surface area contributed by atoms with Crippen molar-refractivity contribution in [3.8, 4) is 0 Å². The van der Waals surface area contributed by atoms with E-state index in [0.717, 1.165) is 25.7 Å². The maximum atomic E-state index is 14.4. The highest BCUT2D eigenvalue weighted by molar-refractivity contribution is 6.34. The number of hydrogen-bond donors (Lipinski definition) is 1. The van der Waals surface area contributed by atoms with Crippen molar-refractivity contribution in [2.45, 2.75) is 50.2 Å². The van der Waals surface area contributed by atoms with Gasteiger partial charge in [0.05, 0.1) is 18.8 Å². The summed E-state index contributed by atoms with van der Waals surface area (Å²) in [5, 5.41) is 7.40. The Morgan fingerprint density at radius 2 is 2.08 bits per heavy atom. The number of nitrogens with one attached hydrogen (secondary N) is 1. The Labute approximate surface area is 140 Å². The van der Waals surface area contributed by atoms with Gasteiger partial charge in [-0.1, -0.05) is 12.8 Å². The van der Waals surface area contributed by atoms with Crippen molar-refractivity contribution in [1.82, 2.24) is 14.6 Å². The zero-order chi connectivity index (χ0) is 16.7. The van der Waals surface area contributed by atoms with Gasteiger partial charge in [0.2, 0.25) is 5.95 Å². The summed E-state index contributed by atoms with van der Waals surface area (Å²) in [4.78, 5) is 4.13. The summed E-state index contributed by atoms with van der Waals surface area (Å²) in [7, 11) is 5.99. The van der Waals surface area contributed by atoms with Gasteiger partial charge in [-0.05, 0) is 24.7 Å². The first kappa shape index (κ1) is 15.8. The third-order valence-corrected chi connectivity index (χ3v) is 5.04. The second-order valence-corrected chi connectivity index (χ2v) is 6.60. The molecule has 5 nitrogen and oxygen atoms in total. The van der Waals surface area contributed by atoms with E-state index < -0.39 is 18.0 Å². The second-order valence-electron chi connectivity index (χ2n) is 6.60. The molecule has 3 heterocycles. The lowest BCUT2D eigenvalue weighted by Gasteiger charge is -2.26. The number of anilines is 1. The molecule has 2 aliphatic rings. The second kappa shape index (κ2) is 6.31. The summed E-state index contributed by atoms with van der Waals surface area (Å²) in [5.41, 5.74) is 1.14. The van der Waals surface area contributed by atoms with Crippen LogP contribution in [0.5, 0.6) is 0 Å². The summed E-state index contributed by atoms with van der Waals surface area (Å²) in [6.45, 7) is 0.567. The molecule has 2 fully saturated rings. The molecule has 2 aromatic heterocycles. The van der Waals surface area contributed by atoms with E-state index in [0.29, 0.717) is 18.7 Å². The van der Waals surface area contributed by atoms with Gasteiger partial charge in [-0.3, -0.25) is 0 Å². The van der Waals surface area contributed by atoms with E-state index in [2.05, 4.69) is 15.4 Å². The number of fused-ring (bicyclic) bond motifs is 1. The lowest BCUT2D eigenvalue weighted by Crippen LogP contribution is -2.39. The molecule has 1 N–H and O–H groups in total. The van der Waals surface area contributed by atoms with Gasteiger partial charge in [-0.2, -0.15) is 0 Å². The van der Waals surface area contributed by atoms with Crippen LogP contribution >= 0.6 is 0 Å². The minimum atomic E-state index is -1.11. The van der Waals surface area contributed by atoms with Crippen molar-refractivity contribution >= 4 is 24.8 Å². The van der Waals surface area contributed by atoms with Crippen LogP contribution in [0.4, 0.5) is 14.7 Å². The van der Waals surface area contributed by atoms with Crippen molar-refractivity contribution in [2.24, 2.45) is 0 Å². The standard InChI is InChI=1S/C16H19BF2N4O/c17-13-14(19)12-7-20-16(21-11-5-6-24-8-10(11)18)22-23(12)15(13)9-3-1-2-4-9/h7,9-11H,1-6,8H2,(H,21,22)/t10-,11-/m1/s1. The molecule has 4 rings (SSSR count). The number of nitrogens with zero attached hydrogens (tertiary/aromatic N) is 3. The summed E-state index contributed by atoms with van der Waals surface area (Å²) in [5.74, 6) is 0.0194. The molecule has 1 saturated carbocycles. The third kappa shape index (κ3) is 2.66. The van der Waals surface area contributed by atoms with Gasteiger partial charge in [0.25, 0.3) is 0 Å². The van der Waals surface area contributed by atoms with Gasteiger partial charge in [0, 0.05) is 18.2 Å². The molecule has 2 radical (unpaired) electrons. The van der Waals surface area contributed by atoms with Crippen LogP contribution < -0.4 is 10.8 Å². The van der Waals surface area contributed by atoms with E-state index in [4.69, 9.17) is 12.6 Å². The monoisotopic (exact) mass is 332 g/mol. The number of aromatic nitrogens is 3. The Hall–Kier alpha value is -1.70. The molecule has 2 aromatic rings. The number of rotatable bonds is 3. The third-order valence-electron chi connectivity index (χ3n) is 5.04. The smallest absolute Gasteiger partial charge is 0.241 e. The Morgan fingerprint density at radius 1 is 1.29 bits per heavy atom. The summed E-state index contributed by atoms with van der Waals surface area (Å²) in [6, 6.07) is -0.399. The van der Waals surface area contributed by atoms with E-state index in [1.165, 1.54) is 6.20 Å². The average molecular weight is 332 g/mol. The van der Waals surface area contributed by atoms with E-state index >= 15 is 0 Å². The van der Waals surface area contributed by atoms with Crippen LogP contribution in [0.2, 0.25) is 0 Å². The van der Waals surface area contributed by atoms with E-state index in [-0.39, 0.29) is 29.5 Å². The maximum Gasteiger partial charge on any atom is 0.241 e. The van der Waals surface area contributed by atoms with Crippen molar-refractivity contribution in [3.05, 3.63) is 17.7 Å². The maximum absolute atomic E-state index is 14.4. The first-order valence-corrected chi connectivity index (χ1v) is 8.46. The van der Waals surface area contributed by atoms with Crippen LogP contribution in [-0.2, 0) is 4.74 Å². The first-order valence-electron chi connectivity index (χ1n) is 8.46. The van der Waals surface area contributed by atoms with Crippen LogP contribution in [0.15, 0.2) is 6.20 Å². The first-order chi connectivity index (χ1) is 11.6. The Kier molecular flexibility index (Phi) is 4.16. The van der Waals surface area contributed by atoms with Crippen LogP contribution in [0, 0.1) is 5.82 Å². The molecular weight excluding hydrogens is 313 g/mol. The molecule has 1 aliphatic carbocycles. The lowest BCUT2D eigenvalue weighted by atomic mass is 9.89. The molecule has 2 atom stereocenters. The molecule has 24 heavy (non-hydrogen) atoms. The molecule has 1 saturated heterocycles. The van der Waals surface area contributed by atoms with Gasteiger partial charge in [-0.25, -0.2) is 18.3 Å². The summed E-state index contributed by atoms with van der Waals surface area (Å²) < 4.78 is 35.0. The predicted octanol–water partition coefficient (Wildman–Crippen LogP) is 1.86. The quantitative estimate of drug-likeness (QED) is 0.872. The highest BCUT2D eigenvalue weighted by atomic mass is 19.1. The molecule has 8 heteroatoms. The molecule has 0 spiro atoms. The molecule has 1 aliphatic heterocycles. The van der Waals surface area contributed by atoms with Crippen LogP contribution in [0.25, 0.3) is 5.52 Å². The van der Waals surface area contributed by atoms with Crippen LogP contribution in [-0.4, -0.2) is 47.9 Å². The fourth-order valence-electron chi connectivity index (χ4n) is 3.74. The fraction of sp³-hybridized carbons (Fsp3) is 0.625. The number of halogens is 2. The molecule has 126 valence electrons. The number of alkyl halides is 1. The van der Waals surface area contributed by atoms with Gasteiger partial charge in [-0.15, -0.1) is 5.10 Å². The number of hydrogen-bond acceptors (Lipinski definition) is 4. The normalized spacial score (nSPS) is 25.4. The molecule has 0 bridgehead atoms. The van der Waals surface area contributed by atoms with Gasteiger partial charge < -0.3 is 10.1 Å². The van der Waals surface area contributed by atoms with Crippen LogP contribution in [0.3, 0.4) is 0 Å². The zero-order valence-electron chi connectivity index (χ0n) is 13.3. The molecule has 0 unspecified atom stereocenters. The number of ether oxygens (including phenoxy) is 1. The Bertz CT molecular complexity index is 747. The Balaban J connectivity index is 1.69. The largest absolute Gasteiger partial charge is 0.378 e. The van der Waals surface area contributed by atoms with Crippen molar-refractivity contribution < 1.29 is 13.5 Å². The predicted molar refractivity (Wildman–Crippen MR) is 87.3 cm³/mol. The van der Waals surface area contributed by atoms with Gasteiger partial charge in [0.15, 0.2) is 0 Å². The highest BCUT2D eigenvalue weighted by Crippen LogP contribution is 2.34. The average Bonchev–Trinajstić information content (AvgIpc) is 3.18. The Morgan fingerprint density at radius 3 is 2.83 bits per heavy atom. The highest BCUT2D eigenvalue weighted by Gasteiger charge is 2.28.